The van der Waals surface area contributed by atoms with Crippen molar-refractivity contribution in [3.8, 4) is 0 Å². The fraction of sp³-hybridized carbons (Fsp3) is 0.727. The Balaban J connectivity index is 2.95. The van der Waals surface area contributed by atoms with Gasteiger partial charge in [-0.3, -0.25) is 9.09 Å². The molecule has 1 aromatic rings. The maximum Gasteiger partial charge on any atom is 0.434 e. The second kappa shape index (κ2) is 9.24. The van der Waals surface area contributed by atoms with Crippen molar-refractivity contribution in [1.29, 1.82) is 0 Å². The zero-order valence-electron chi connectivity index (χ0n) is 12.9. The molecule has 0 saturated heterocycles. The third-order valence-corrected chi connectivity index (χ3v) is 5.63. The number of aryl methyl sites for hydroxylation is 1. The summed E-state index contributed by atoms with van der Waals surface area (Å²) in [6.45, 7) is 2.66. The van der Waals surface area contributed by atoms with Gasteiger partial charge < -0.3 is 10.1 Å². The third kappa shape index (κ3) is 5.33. The maximum atomic E-state index is 12.6. The molecule has 0 aliphatic carbocycles. The number of nitrogens with two attached hydrogens (primary N) is 1. The Morgan fingerprint density at radius 3 is 2.43 bits per heavy atom. The SMILES string of the molecule is CCc1nc([N+](=O)[O-])n(C)c1COP(N)(=O)N(CCBr)CCBr. The molecule has 1 rings (SSSR count). The van der Waals surface area contributed by atoms with Crippen LogP contribution in [0.1, 0.15) is 18.3 Å². The van der Waals surface area contributed by atoms with E-state index in [1.54, 1.807) is 4.67 Å². The van der Waals surface area contributed by atoms with Crippen LogP contribution in [0.3, 0.4) is 0 Å². The molecule has 12 heteroatoms. The molecule has 9 nitrogen and oxygen atoms in total. The highest BCUT2D eigenvalue weighted by molar-refractivity contribution is 9.09. The lowest BCUT2D eigenvalue weighted by Crippen LogP contribution is -2.29. The molecule has 2 N–H and O–H groups in total. The highest BCUT2D eigenvalue weighted by Crippen LogP contribution is 2.43. The van der Waals surface area contributed by atoms with Crippen LogP contribution >= 0.6 is 39.5 Å². The molecule has 0 radical (unpaired) electrons. The van der Waals surface area contributed by atoms with Gasteiger partial charge in [-0.15, -0.1) is 0 Å². The second-order valence-electron chi connectivity index (χ2n) is 4.64. The average molecular weight is 477 g/mol. The molecule has 0 aliphatic rings. The maximum absolute atomic E-state index is 12.6. The normalized spacial score (nSPS) is 14.2. The Morgan fingerprint density at radius 2 is 2.00 bits per heavy atom. The number of nitrogens with zero attached hydrogens (tertiary/aromatic N) is 4. The van der Waals surface area contributed by atoms with Gasteiger partial charge in [0, 0.05) is 30.2 Å². The number of hydrogen-bond donors (Lipinski definition) is 1. The molecule has 0 amide bonds. The van der Waals surface area contributed by atoms with E-state index in [2.05, 4.69) is 36.8 Å². The van der Waals surface area contributed by atoms with E-state index in [1.807, 2.05) is 6.92 Å². The van der Waals surface area contributed by atoms with Crippen LogP contribution < -0.4 is 5.50 Å². The smallest absolute Gasteiger partial charge is 0.390 e. The summed E-state index contributed by atoms with van der Waals surface area (Å²) in [5.41, 5.74) is 6.88. The molecule has 0 fully saturated rings. The highest BCUT2D eigenvalue weighted by atomic mass is 79.9. The highest BCUT2D eigenvalue weighted by Gasteiger charge is 2.30. The van der Waals surface area contributed by atoms with Crippen molar-refractivity contribution in [2.45, 2.75) is 20.0 Å². The number of rotatable bonds is 10. The molecule has 0 saturated carbocycles. The molecule has 0 aromatic carbocycles. The minimum Gasteiger partial charge on any atom is -0.390 e. The quantitative estimate of drug-likeness (QED) is 0.238. The van der Waals surface area contributed by atoms with Gasteiger partial charge in [0.15, 0.2) is 5.69 Å². The molecule has 0 spiro atoms. The van der Waals surface area contributed by atoms with Crippen LogP contribution in [0.25, 0.3) is 0 Å². The van der Waals surface area contributed by atoms with Crippen LogP contribution in [0.2, 0.25) is 0 Å². The Bertz CT molecular complexity index is 591. The molecule has 0 aliphatic heterocycles. The van der Waals surface area contributed by atoms with Gasteiger partial charge >= 0.3 is 13.6 Å². The Morgan fingerprint density at radius 1 is 1.43 bits per heavy atom. The van der Waals surface area contributed by atoms with Crippen LogP contribution in [-0.2, 0) is 29.2 Å². The molecule has 0 bridgehead atoms. The van der Waals surface area contributed by atoms with Gasteiger partial charge in [-0.05, 0) is 4.92 Å². The van der Waals surface area contributed by atoms with Crippen molar-refractivity contribution in [3.63, 3.8) is 0 Å². The summed E-state index contributed by atoms with van der Waals surface area (Å²) in [7, 11) is -1.98. The fourth-order valence-corrected chi connectivity index (χ4v) is 4.65. The summed E-state index contributed by atoms with van der Waals surface area (Å²) in [5, 5.41) is 12.2. The van der Waals surface area contributed by atoms with E-state index < -0.39 is 12.6 Å². The average Bonchev–Trinajstić information content (AvgIpc) is 2.81. The van der Waals surface area contributed by atoms with Crippen molar-refractivity contribution in [1.82, 2.24) is 14.2 Å². The molecule has 132 valence electrons. The standard InChI is InChI=1S/C11H20Br2N5O4P/c1-3-9-10(16(2)11(15-9)18(19)20)8-22-23(14,21)17(6-4-12)7-5-13/h3-8H2,1-2H3,(H2,14,21). The second-order valence-corrected chi connectivity index (χ2v) is 8.18. The number of alkyl halides is 2. The summed E-state index contributed by atoms with van der Waals surface area (Å²) in [6.07, 6.45) is 0.502. The van der Waals surface area contributed by atoms with Crippen LogP contribution in [-0.4, -0.2) is 42.9 Å². The van der Waals surface area contributed by atoms with Gasteiger partial charge in [-0.2, -0.15) is 0 Å². The lowest BCUT2D eigenvalue weighted by molar-refractivity contribution is -0.396. The van der Waals surface area contributed by atoms with Gasteiger partial charge in [0.2, 0.25) is 0 Å². The molecular weight excluding hydrogens is 457 g/mol. The molecule has 1 aromatic heterocycles. The summed E-state index contributed by atoms with van der Waals surface area (Å²) < 4.78 is 20.9. The van der Waals surface area contributed by atoms with Crippen LogP contribution in [0.15, 0.2) is 0 Å². The number of imidazole rings is 1. The minimum atomic E-state index is -3.50. The van der Waals surface area contributed by atoms with E-state index in [1.165, 1.54) is 11.6 Å². The monoisotopic (exact) mass is 475 g/mol. The van der Waals surface area contributed by atoms with E-state index in [9.17, 15) is 14.7 Å². The molecule has 23 heavy (non-hydrogen) atoms. The van der Waals surface area contributed by atoms with Crippen LogP contribution in [0, 0.1) is 10.1 Å². The first-order valence-electron chi connectivity index (χ1n) is 6.87. The number of aromatic nitrogens is 2. The lowest BCUT2D eigenvalue weighted by Gasteiger charge is -2.26. The Hall–Kier alpha value is -0.320. The fourth-order valence-electron chi connectivity index (χ4n) is 2.02. The minimum absolute atomic E-state index is 0.102. The summed E-state index contributed by atoms with van der Waals surface area (Å²) in [4.78, 5) is 14.4. The molecule has 1 heterocycles. The number of hydrogen-bond acceptors (Lipinski definition) is 5. The van der Waals surface area contributed by atoms with Gasteiger partial charge in [0.05, 0.1) is 7.05 Å². The predicted octanol–water partition coefficient (Wildman–Crippen LogP) is 2.57. The van der Waals surface area contributed by atoms with Crippen LogP contribution in [0.4, 0.5) is 5.95 Å². The van der Waals surface area contributed by atoms with Crippen LogP contribution in [0.5, 0.6) is 0 Å². The van der Waals surface area contributed by atoms with Crippen molar-refractivity contribution in [2.24, 2.45) is 12.6 Å². The van der Waals surface area contributed by atoms with Gasteiger partial charge in [0.1, 0.15) is 12.3 Å². The Kier molecular flexibility index (Phi) is 8.32. The summed E-state index contributed by atoms with van der Waals surface area (Å²) in [5.74, 6) is -0.273. The summed E-state index contributed by atoms with van der Waals surface area (Å²) >= 11 is 6.57. The van der Waals surface area contributed by atoms with Crippen molar-refractivity contribution >= 4 is 45.5 Å². The first-order chi connectivity index (χ1) is 10.8. The van der Waals surface area contributed by atoms with Crippen molar-refractivity contribution in [2.75, 3.05) is 23.7 Å². The lowest BCUT2D eigenvalue weighted by atomic mass is 10.3. The third-order valence-electron chi connectivity index (χ3n) is 3.24. The zero-order valence-corrected chi connectivity index (χ0v) is 17.0. The van der Waals surface area contributed by atoms with E-state index >= 15 is 0 Å². The molecular formula is C11H20Br2N5O4P. The van der Waals surface area contributed by atoms with E-state index in [4.69, 9.17) is 10.0 Å². The predicted molar refractivity (Wildman–Crippen MR) is 95.0 cm³/mol. The van der Waals surface area contributed by atoms with E-state index in [0.29, 0.717) is 41.6 Å². The number of nitro groups is 1. The first kappa shape index (κ1) is 20.7. The topological polar surface area (TPSA) is 117 Å². The first-order valence-corrected chi connectivity index (χ1v) is 10.8. The van der Waals surface area contributed by atoms with Crippen molar-refractivity contribution in [3.05, 3.63) is 21.5 Å². The van der Waals surface area contributed by atoms with Gasteiger partial charge in [-0.1, -0.05) is 43.8 Å². The van der Waals surface area contributed by atoms with E-state index in [0.717, 1.165) is 0 Å². The van der Waals surface area contributed by atoms with E-state index in [-0.39, 0.29) is 12.6 Å². The number of halogens is 2. The molecule has 1 atom stereocenters. The van der Waals surface area contributed by atoms with Gasteiger partial charge in [-0.25, -0.2) is 14.7 Å². The van der Waals surface area contributed by atoms with Crippen molar-refractivity contribution < 1.29 is 14.0 Å². The zero-order chi connectivity index (χ0) is 17.6. The Labute approximate surface area is 151 Å². The largest absolute Gasteiger partial charge is 0.434 e. The molecule has 1 unspecified atom stereocenters. The summed E-state index contributed by atoms with van der Waals surface area (Å²) in [6, 6.07) is 0. The van der Waals surface area contributed by atoms with Gasteiger partial charge in [0.25, 0.3) is 0 Å².